The lowest BCUT2D eigenvalue weighted by Crippen LogP contribution is -2.04. The highest BCUT2D eigenvalue weighted by atomic mass is 31.2. The van der Waals surface area contributed by atoms with E-state index in [0.717, 1.165) is 46.8 Å². The van der Waals surface area contributed by atoms with Crippen molar-refractivity contribution in [2.45, 2.75) is 130 Å². The molecule has 0 fully saturated rings. The van der Waals surface area contributed by atoms with E-state index in [1.165, 1.54) is 83.5 Å². The topological polar surface area (TPSA) is 65.0 Å². The third-order valence-corrected chi connectivity index (χ3v) is 8.83. The third-order valence-electron chi connectivity index (χ3n) is 7.79. The molecule has 5 nitrogen and oxygen atoms in total. The highest BCUT2D eigenvalue weighted by Crippen LogP contribution is 2.44. The van der Waals surface area contributed by atoms with Crippen LogP contribution in [0.25, 0.3) is 0 Å². The molecule has 0 radical (unpaired) electrons. The number of benzene rings is 3. The van der Waals surface area contributed by atoms with Crippen molar-refractivity contribution < 1.29 is 23.5 Å². The Bertz CT molecular complexity index is 1080. The Labute approximate surface area is 274 Å². The molecule has 0 saturated heterocycles. The van der Waals surface area contributed by atoms with Gasteiger partial charge >= 0.3 is 14.6 Å². The molecule has 3 aromatic rings. The zero-order chi connectivity index (χ0) is 32.5. The standard InChI is InChI=1S/C21H21O3P.C18H36O2/c1-16-10-4-7-13-19(16)22-25(23-20-14-8-5-11-17(20)2)24-21-15-9-6-12-18(21)3;1-2-3-4-5-6-7-8-9-10-11-12-13-14-15-16-17-18(19)20/h4-15H,1-3H3;2-17H2,1H3,(H,19,20). The van der Waals surface area contributed by atoms with Crippen molar-refractivity contribution in [1.29, 1.82) is 0 Å². The van der Waals surface area contributed by atoms with Gasteiger partial charge in [0.25, 0.3) is 0 Å². The molecule has 0 unspecified atom stereocenters. The summed E-state index contributed by atoms with van der Waals surface area (Å²) in [5, 5.41) is 8.52. The second-order valence-corrected chi connectivity index (χ2v) is 12.9. The first-order chi connectivity index (χ1) is 21.9. The number of rotatable bonds is 22. The van der Waals surface area contributed by atoms with E-state index in [1.807, 2.05) is 93.6 Å². The van der Waals surface area contributed by atoms with Crippen molar-refractivity contribution in [3.05, 3.63) is 89.5 Å². The summed E-state index contributed by atoms with van der Waals surface area (Å²) >= 11 is 0. The summed E-state index contributed by atoms with van der Waals surface area (Å²) < 4.78 is 18.3. The first-order valence-corrected chi connectivity index (χ1v) is 18.2. The number of hydrogen-bond donors (Lipinski definition) is 1. The van der Waals surface area contributed by atoms with E-state index in [-0.39, 0.29) is 0 Å². The summed E-state index contributed by atoms with van der Waals surface area (Å²) in [6.45, 7) is 8.28. The molecule has 0 heterocycles. The Morgan fingerprint density at radius 1 is 0.511 bits per heavy atom. The second kappa shape index (κ2) is 24.2. The molecule has 3 rings (SSSR count). The summed E-state index contributed by atoms with van der Waals surface area (Å²) in [6, 6.07) is 23.6. The average molecular weight is 637 g/mol. The number of aryl methyl sites for hydroxylation is 3. The van der Waals surface area contributed by atoms with Crippen LogP contribution in [0, 0.1) is 20.8 Å². The summed E-state index contributed by atoms with van der Waals surface area (Å²) in [6.07, 6.45) is 20.2. The van der Waals surface area contributed by atoms with Crippen LogP contribution >= 0.6 is 8.60 Å². The number of para-hydroxylation sites is 3. The smallest absolute Gasteiger partial charge is 0.481 e. The van der Waals surface area contributed by atoms with E-state index in [0.29, 0.717) is 6.42 Å². The lowest BCUT2D eigenvalue weighted by Gasteiger charge is -2.20. The Kier molecular flexibility index (Phi) is 20.5. The van der Waals surface area contributed by atoms with Crippen LogP contribution in [0.1, 0.15) is 126 Å². The molecule has 0 saturated carbocycles. The number of carboxylic acid groups (broad SMARTS) is 1. The molecule has 0 spiro atoms. The summed E-state index contributed by atoms with van der Waals surface area (Å²) in [7, 11) is -1.64. The molecule has 0 amide bonds. The maximum absolute atomic E-state index is 10.3. The van der Waals surface area contributed by atoms with E-state index in [4.69, 9.17) is 18.7 Å². The molecule has 3 aromatic carbocycles. The quantitative estimate of drug-likeness (QED) is 0.0878. The van der Waals surface area contributed by atoms with Gasteiger partial charge in [0.15, 0.2) is 0 Å². The Balaban J connectivity index is 0.000000324. The second-order valence-electron chi connectivity index (χ2n) is 11.9. The van der Waals surface area contributed by atoms with Crippen LogP contribution in [0.15, 0.2) is 72.8 Å². The van der Waals surface area contributed by atoms with Crippen LogP contribution in [-0.4, -0.2) is 11.1 Å². The molecule has 0 aromatic heterocycles. The van der Waals surface area contributed by atoms with Gasteiger partial charge in [-0.25, -0.2) is 0 Å². The molecular formula is C39H57O5P. The zero-order valence-electron chi connectivity index (χ0n) is 28.3. The summed E-state index contributed by atoms with van der Waals surface area (Å²) in [4.78, 5) is 10.3. The van der Waals surface area contributed by atoms with Gasteiger partial charge < -0.3 is 18.7 Å². The number of carboxylic acids is 1. The maximum Gasteiger partial charge on any atom is 0.530 e. The van der Waals surface area contributed by atoms with Crippen molar-refractivity contribution in [1.82, 2.24) is 0 Å². The van der Waals surface area contributed by atoms with E-state index in [1.54, 1.807) is 0 Å². The molecule has 1 N–H and O–H groups in total. The maximum atomic E-state index is 10.3. The molecule has 6 heteroatoms. The fraction of sp³-hybridized carbons (Fsp3) is 0.513. The predicted octanol–water partition coefficient (Wildman–Crippen LogP) is 12.7. The number of aliphatic carboxylic acids is 1. The number of unbranched alkanes of at least 4 members (excludes halogenated alkanes) is 14. The largest absolute Gasteiger partial charge is 0.530 e. The molecule has 0 aliphatic rings. The van der Waals surface area contributed by atoms with E-state index >= 15 is 0 Å². The Hall–Kier alpha value is -3.04. The monoisotopic (exact) mass is 636 g/mol. The first-order valence-electron chi connectivity index (χ1n) is 17.1. The lowest BCUT2D eigenvalue weighted by molar-refractivity contribution is -0.137. The van der Waals surface area contributed by atoms with Gasteiger partial charge in [-0.2, -0.15) is 0 Å². The molecule has 248 valence electrons. The minimum absolute atomic E-state index is 0.345. The van der Waals surface area contributed by atoms with Crippen molar-refractivity contribution >= 4 is 14.6 Å². The van der Waals surface area contributed by atoms with Gasteiger partial charge in [0.05, 0.1) is 0 Å². The van der Waals surface area contributed by atoms with Crippen LogP contribution in [0.3, 0.4) is 0 Å². The van der Waals surface area contributed by atoms with Crippen LogP contribution in [0.5, 0.6) is 17.2 Å². The number of carbonyl (C=O) groups is 1. The van der Waals surface area contributed by atoms with Gasteiger partial charge in [0.2, 0.25) is 0 Å². The van der Waals surface area contributed by atoms with Crippen molar-refractivity contribution in [3.8, 4) is 17.2 Å². The minimum Gasteiger partial charge on any atom is -0.481 e. The highest BCUT2D eigenvalue weighted by Gasteiger charge is 2.22. The third kappa shape index (κ3) is 17.9. The fourth-order valence-electron chi connectivity index (χ4n) is 4.92. The van der Waals surface area contributed by atoms with Gasteiger partial charge in [-0.05, 0) is 62.1 Å². The highest BCUT2D eigenvalue weighted by molar-refractivity contribution is 7.43. The SMILES string of the molecule is CCCCCCCCCCCCCCCCCC(=O)O.Cc1ccccc1OP(Oc1ccccc1C)Oc1ccccc1C. The molecule has 0 bridgehead atoms. The average Bonchev–Trinajstić information content (AvgIpc) is 3.02. The molecule has 0 aliphatic heterocycles. The predicted molar refractivity (Wildman–Crippen MR) is 190 cm³/mol. The van der Waals surface area contributed by atoms with Gasteiger partial charge in [0, 0.05) is 6.42 Å². The molecule has 0 atom stereocenters. The summed E-state index contributed by atoms with van der Waals surface area (Å²) in [5.74, 6) is 1.63. The Morgan fingerprint density at radius 3 is 1.09 bits per heavy atom. The van der Waals surface area contributed by atoms with Crippen LogP contribution < -0.4 is 13.6 Å². The van der Waals surface area contributed by atoms with Crippen LogP contribution in [0.4, 0.5) is 0 Å². The van der Waals surface area contributed by atoms with Crippen molar-refractivity contribution in [2.75, 3.05) is 0 Å². The first kappa shape index (κ1) is 38.1. The minimum atomic E-state index is -1.64. The van der Waals surface area contributed by atoms with Crippen LogP contribution in [0.2, 0.25) is 0 Å². The van der Waals surface area contributed by atoms with Crippen LogP contribution in [-0.2, 0) is 4.79 Å². The van der Waals surface area contributed by atoms with Gasteiger partial charge in [-0.1, -0.05) is 151 Å². The molecule has 45 heavy (non-hydrogen) atoms. The van der Waals surface area contributed by atoms with Gasteiger partial charge in [-0.3, -0.25) is 4.79 Å². The van der Waals surface area contributed by atoms with E-state index < -0.39 is 14.6 Å². The van der Waals surface area contributed by atoms with E-state index in [9.17, 15) is 4.79 Å². The fourth-order valence-corrected chi connectivity index (χ4v) is 6.13. The molecular weight excluding hydrogens is 579 g/mol. The summed E-state index contributed by atoms with van der Waals surface area (Å²) in [5.41, 5.74) is 3.12. The van der Waals surface area contributed by atoms with Gasteiger partial charge in [0.1, 0.15) is 17.2 Å². The zero-order valence-corrected chi connectivity index (χ0v) is 29.2. The number of hydrogen-bond acceptors (Lipinski definition) is 4. The molecule has 0 aliphatic carbocycles. The normalized spacial score (nSPS) is 10.7. The lowest BCUT2D eigenvalue weighted by atomic mass is 10.0. The van der Waals surface area contributed by atoms with Crippen molar-refractivity contribution in [2.24, 2.45) is 0 Å². The van der Waals surface area contributed by atoms with Gasteiger partial charge in [-0.15, -0.1) is 0 Å². The Morgan fingerprint density at radius 2 is 0.800 bits per heavy atom. The van der Waals surface area contributed by atoms with E-state index in [2.05, 4.69) is 6.92 Å². The van der Waals surface area contributed by atoms with Crippen molar-refractivity contribution in [3.63, 3.8) is 0 Å².